The molecule has 0 saturated carbocycles. The van der Waals surface area contributed by atoms with Crippen LogP contribution in [0.3, 0.4) is 0 Å². The molecule has 2 unspecified atom stereocenters. The van der Waals surface area contributed by atoms with Gasteiger partial charge < -0.3 is 0 Å². The summed E-state index contributed by atoms with van der Waals surface area (Å²) in [5.74, 6) is 1.80. The molecule has 2 atom stereocenters. The van der Waals surface area contributed by atoms with Crippen LogP contribution in [0.5, 0.6) is 0 Å². The molecule has 0 radical (unpaired) electrons. The van der Waals surface area contributed by atoms with Crippen LogP contribution >= 0.6 is 11.3 Å². The van der Waals surface area contributed by atoms with E-state index in [0.29, 0.717) is 0 Å². The highest BCUT2D eigenvalue weighted by atomic mass is 32.1. The van der Waals surface area contributed by atoms with Crippen molar-refractivity contribution in [3.05, 3.63) is 21.9 Å². The minimum atomic E-state index is 0.898. The van der Waals surface area contributed by atoms with E-state index in [1.807, 2.05) is 11.3 Å². The van der Waals surface area contributed by atoms with Crippen molar-refractivity contribution in [3.63, 3.8) is 0 Å². The lowest BCUT2D eigenvalue weighted by molar-refractivity contribution is 0.447. The molecule has 0 aliphatic carbocycles. The number of hydrogen-bond acceptors (Lipinski definition) is 1. The van der Waals surface area contributed by atoms with Crippen molar-refractivity contribution in [3.8, 4) is 0 Å². The van der Waals surface area contributed by atoms with Crippen LogP contribution in [0.15, 0.2) is 11.4 Å². The van der Waals surface area contributed by atoms with E-state index >= 15 is 0 Å². The minimum Gasteiger partial charge on any atom is -0.149 e. The Balaban J connectivity index is 2.47. The maximum absolute atomic E-state index is 2.51. The van der Waals surface area contributed by atoms with Crippen LogP contribution in [-0.2, 0) is 12.8 Å². The molecule has 0 N–H and O–H groups in total. The van der Waals surface area contributed by atoms with Crippen LogP contribution in [-0.4, -0.2) is 0 Å². The van der Waals surface area contributed by atoms with Gasteiger partial charge in [-0.05, 0) is 41.7 Å². The van der Waals surface area contributed by atoms with Gasteiger partial charge in [-0.2, -0.15) is 0 Å². The van der Waals surface area contributed by atoms with Crippen LogP contribution in [0.25, 0.3) is 0 Å². The van der Waals surface area contributed by atoms with Gasteiger partial charge in [0.05, 0.1) is 0 Å². The molecule has 0 aliphatic heterocycles. The van der Waals surface area contributed by atoms with Gasteiger partial charge in [0, 0.05) is 4.88 Å². The van der Waals surface area contributed by atoms with Crippen molar-refractivity contribution in [1.82, 2.24) is 0 Å². The minimum absolute atomic E-state index is 0.898. The standard InChI is InChI=1S/C20H36S/c1-5-9-11-17(7-3)13-19-15-20(21-16-19)14-18(8-4)12-10-6-2/h15-18H,5-14H2,1-4H3. The zero-order valence-corrected chi connectivity index (χ0v) is 15.6. The molecular weight excluding hydrogens is 272 g/mol. The third-order valence-electron chi connectivity index (χ3n) is 4.81. The smallest absolute Gasteiger partial charge is 0.00508 e. The third-order valence-corrected chi connectivity index (χ3v) is 5.82. The zero-order valence-electron chi connectivity index (χ0n) is 14.8. The lowest BCUT2D eigenvalue weighted by Gasteiger charge is -2.14. The number of thiophene rings is 1. The Bertz CT molecular complexity index is 320. The fraction of sp³-hybridized carbons (Fsp3) is 0.800. The largest absolute Gasteiger partial charge is 0.149 e. The highest BCUT2D eigenvalue weighted by Gasteiger charge is 2.12. The predicted octanol–water partition coefficient (Wildman–Crippen LogP) is 7.27. The van der Waals surface area contributed by atoms with Gasteiger partial charge in [-0.1, -0.05) is 79.1 Å². The topological polar surface area (TPSA) is 0 Å². The molecule has 0 fully saturated rings. The average molecular weight is 309 g/mol. The van der Waals surface area contributed by atoms with E-state index in [0.717, 1.165) is 11.8 Å². The Hall–Kier alpha value is -0.300. The van der Waals surface area contributed by atoms with E-state index in [1.54, 1.807) is 10.4 Å². The summed E-state index contributed by atoms with van der Waals surface area (Å²) in [4.78, 5) is 1.62. The molecule has 122 valence electrons. The Kier molecular flexibility index (Phi) is 10.1. The van der Waals surface area contributed by atoms with E-state index < -0.39 is 0 Å². The molecule has 1 aromatic heterocycles. The summed E-state index contributed by atoms with van der Waals surface area (Å²) in [6, 6.07) is 2.51. The van der Waals surface area contributed by atoms with E-state index in [1.165, 1.54) is 64.2 Å². The molecule has 21 heavy (non-hydrogen) atoms. The molecule has 0 saturated heterocycles. The Morgan fingerprint density at radius 3 is 1.95 bits per heavy atom. The molecule has 1 heterocycles. The molecular formula is C20H36S. The lowest BCUT2D eigenvalue weighted by Crippen LogP contribution is -2.03. The predicted molar refractivity (Wildman–Crippen MR) is 98.3 cm³/mol. The van der Waals surface area contributed by atoms with Gasteiger partial charge in [0.1, 0.15) is 0 Å². The normalized spacial score (nSPS) is 14.3. The molecule has 0 aromatic carbocycles. The van der Waals surface area contributed by atoms with Gasteiger partial charge in [0.2, 0.25) is 0 Å². The van der Waals surface area contributed by atoms with Crippen molar-refractivity contribution in [2.45, 2.75) is 91.9 Å². The van der Waals surface area contributed by atoms with E-state index in [4.69, 9.17) is 0 Å². The second-order valence-corrected chi connectivity index (χ2v) is 7.66. The maximum atomic E-state index is 2.51. The van der Waals surface area contributed by atoms with Crippen LogP contribution < -0.4 is 0 Å². The second kappa shape index (κ2) is 11.3. The number of unbranched alkanes of at least 4 members (excludes halogenated alkanes) is 2. The fourth-order valence-electron chi connectivity index (χ4n) is 3.14. The van der Waals surface area contributed by atoms with Gasteiger partial charge >= 0.3 is 0 Å². The van der Waals surface area contributed by atoms with Gasteiger partial charge in [0.15, 0.2) is 0 Å². The van der Waals surface area contributed by atoms with Crippen molar-refractivity contribution < 1.29 is 0 Å². The molecule has 1 aromatic rings. The summed E-state index contributed by atoms with van der Waals surface area (Å²) in [7, 11) is 0. The zero-order chi connectivity index (χ0) is 15.5. The molecule has 0 bridgehead atoms. The Labute approximate surface area is 137 Å². The summed E-state index contributed by atoms with van der Waals surface area (Å²) >= 11 is 2.00. The van der Waals surface area contributed by atoms with Crippen molar-refractivity contribution in [2.75, 3.05) is 0 Å². The number of hydrogen-bond donors (Lipinski definition) is 0. The SMILES string of the molecule is CCCCC(CC)Cc1csc(CC(CC)CCCC)c1. The summed E-state index contributed by atoms with van der Waals surface area (Å²) in [6.45, 7) is 9.31. The molecule has 0 nitrogen and oxygen atoms in total. The fourth-order valence-corrected chi connectivity index (χ4v) is 4.16. The van der Waals surface area contributed by atoms with E-state index in [2.05, 4.69) is 39.1 Å². The Morgan fingerprint density at radius 1 is 0.857 bits per heavy atom. The van der Waals surface area contributed by atoms with Crippen LogP contribution in [0, 0.1) is 11.8 Å². The first-order chi connectivity index (χ1) is 10.2. The lowest BCUT2D eigenvalue weighted by atomic mass is 9.92. The summed E-state index contributed by atoms with van der Waals surface area (Å²) in [5.41, 5.74) is 1.60. The quantitative estimate of drug-likeness (QED) is 0.381. The van der Waals surface area contributed by atoms with Crippen molar-refractivity contribution in [1.29, 1.82) is 0 Å². The van der Waals surface area contributed by atoms with Crippen molar-refractivity contribution in [2.24, 2.45) is 11.8 Å². The van der Waals surface area contributed by atoms with Crippen LogP contribution in [0.4, 0.5) is 0 Å². The summed E-state index contributed by atoms with van der Waals surface area (Å²) in [6.07, 6.45) is 13.6. The molecule has 1 heteroatoms. The number of rotatable bonds is 12. The second-order valence-electron chi connectivity index (χ2n) is 6.66. The third kappa shape index (κ3) is 7.49. The molecule has 0 aliphatic rings. The van der Waals surface area contributed by atoms with Gasteiger partial charge in [-0.15, -0.1) is 11.3 Å². The summed E-state index contributed by atoms with van der Waals surface area (Å²) < 4.78 is 0. The summed E-state index contributed by atoms with van der Waals surface area (Å²) in [5, 5.41) is 2.43. The molecule has 0 amide bonds. The van der Waals surface area contributed by atoms with E-state index in [-0.39, 0.29) is 0 Å². The molecule has 1 rings (SSSR count). The Morgan fingerprint density at radius 2 is 1.43 bits per heavy atom. The highest BCUT2D eigenvalue weighted by molar-refractivity contribution is 7.10. The van der Waals surface area contributed by atoms with E-state index in [9.17, 15) is 0 Å². The monoisotopic (exact) mass is 308 g/mol. The first-order valence-electron chi connectivity index (χ1n) is 9.29. The maximum Gasteiger partial charge on any atom is 0.00508 e. The van der Waals surface area contributed by atoms with Crippen LogP contribution in [0.2, 0.25) is 0 Å². The van der Waals surface area contributed by atoms with Gasteiger partial charge in [-0.25, -0.2) is 0 Å². The first-order valence-corrected chi connectivity index (χ1v) is 10.2. The average Bonchev–Trinajstić information content (AvgIpc) is 2.94. The highest BCUT2D eigenvalue weighted by Crippen LogP contribution is 2.26. The first kappa shape index (κ1) is 18.7. The van der Waals surface area contributed by atoms with Gasteiger partial charge in [0.25, 0.3) is 0 Å². The van der Waals surface area contributed by atoms with Crippen molar-refractivity contribution >= 4 is 11.3 Å². The molecule has 0 spiro atoms. The van der Waals surface area contributed by atoms with Crippen LogP contribution in [0.1, 0.15) is 89.5 Å². The van der Waals surface area contributed by atoms with Gasteiger partial charge in [-0.3, -0.25) is 0 Å².